The first-order valence-corrected chi connectivity index (χ1v) is 7.26. The monoisotopic (exact) mass is 349 g/mol. The molecule has 0 aliphatic rings. The van der Waals surface area contributed by atoms with Crippen LogP contribution in [0.3, 0.4) is 0 Å². The number of nitrogens with two attached hydrogens (primary N) is 1. The highest BCUT2D eigenvalue weighted by Gasteiger charge is 2.15. The lowest BCUT2D eigenvalue weighted by Gasteiger charge is -2.12. The molecule has 0 fully saturated rings. The van der Waals surface area contributed by atoms with Crippen molar-refractivity contribution in [2.45, 2.75) is 13.8 Å². The number of nitrogen functional groups attached to an aromatic ring is 1. The summed E-state index contributed by atoms with van der Waals surface area (Å²) >= 11 is 3.46. The summed E-state index contributed by atoms with van der Waals surface area (Å²) in [6.07, 6.45) is 1.49. The Kier molecular flexibility index (Phi) is 4.80. The van der Waals surface area contributed by atoms with Crippen LogP contribution >= 0.6 is 15.9 Å². The molecule has 6 heteroatoms. The first-order valence-electron chi connectivity index (χ1n) is 6.47. The molecule has 21 heavy (non-hydrogen) atoms. The number of esters is 1. The number of halogens is 1. The number of hydrogen-bond acceptors (Lipinski definition) is 5. The zero-order valence-corrected chi connectivity index (χ0v) is 13.4. The summed E-state index contributed by atoms with van der Waals surface area (Å²) in [6.45, 7) is 4.03. The van der Waals surface area contributed by atoms with Crippen LogP contribution in [0.2, 0.25) is 0 Å². The predicted molar refractivity (Wildman–Crippen MR) is 86.8 cm³/mol. The molecule has 0 unspecified atom stereocenters. The highest BCUT2D eigenvalue weighted by Crippen LogP contribution is 2.28. The molecule has 1 aromatic heterocycles. The number of nitrogens with zero attached hydrogens (tertiary/aromatic N) is 1. The lowest BCUT2D eigenvalue weighted by Crippen LogP contribution is -2.10. The van der Waals surface area contributed by atoms with E-state index in [1.165, 1.54) is 6.20 Å². The fourth-order valence-electron chi connectivity index (χ4n) is 1.81. The van der Waals surface area contributed by atoms with Crippen molar-refractivity contribution in [2.75, 3.05) is 17.7 Å². The molecule has 110 valence electrons. The second-order valence-corrected chi connectivity index (χ2v) is 5.35. The largest absolute Gasteiger partial charge is 0.462 e. The van der Waals surface area contributed by atoms with Gasteiger partial charge in [0.25, 0.3) is 0 Å². The van der Waals surface area contributed by atoms with E-state index >= 15 is 0 Å². The summed E-state index contributed by atoms with van der Waals surface area (Å²) in [6, 6.07) is 7.42. The zero-order valence-electron chi connectivity index (χ0n) is 11.8. The smallest absolute Gasteiger partial charge is 0.341 e. The van der Waals surface area contributed by atoms with Crippen molar-refractivity contribution in [3.05, 3.63) is 46.1 Å². The molecule has 2 rings (SSSR count). The highest BCUT2D eigenvalue weighted by molar-refractivity contribution is 9.10. The van der Waals surface area contributed by atoms with E-state index in [1.807, 2.05) is 25.1 Å². The quantitative estimate of drug-likeness (QED) is 0.823. The van der Waals surface area contributed by atoms with Crippen LogP contribution in [-0.4, -0.2) is 17.6 Å². The zero-order chi connectivity index (χ0) is 15.4. The van der Waals surface area contributed by atoms with Crippen molar-refractivity contribution < 1.29 is 9.53 Å². The Hall–Kier alpha value is -2.08. The molecule has 0 aliphatic carbocycles. The highest BCUT2D eigenvalue weighted by atomic mass is 79.9. The molecule has 0 spiro atoms. The molecule has 0 aliphatic heterocycles. The number of rotatable bonds is 4. The number of pyridine rings is 1. The lowest BCUT2D eigenvalue weighted by atomic mass is 10.2. The Labute approximate surface area is 131 Å². The Balaban J connectivity index is 2.39. The van der Waals surface area contributed by atoms with Crippen molar-refractivity contribution in [3.63, 3.8) is 0 Å². The summed E-state index contributed by atoms with van der Waals surface area (Å²) in [5.74, 6) is -0.0440. The number of nitrogens with one attached hydrogen (secondary N) is 1. The SMILES string of the molecule is CCOC(=O)c1cc(N)cnc1Nc1cc(C)ccc1Br. The lowest BCUT2D eigenvalue weighted by molar-refractivity contribution is 0.0527. The van der Waals surface area contributed by atoms with E-state index < -0.39 is 5.97 Å². The van der Waals surface area contributed by atoms with Crippen LogP contribution in [0, 0.1) is 6.92 Å². The van der Waals surface area contributed by atoms with Gasteiger partial charge in [0, 0.05) is 4.47 Å². The van der Waals surface area contributed by atoms with Gasteiger partial charge < -0.3 is 15.8 Å². The molecule has 0 saturated heterocycles. The average Bonchev–Trinajstić information content (AvgIpc) is 2.45. The normalized spacial score (nSPS) is 10.2. The third-order valence-electron chi connectivity index (χ3n) is 2.78. The molecule has 1 aromatic carbocycles. The standard InChI is InChI=1S/C15H16BrN3O2/c1-3-21-15(20)11-7-10(17)8-18-14(11)19-13-6-9(2)4-5-12(13)16/h4-8H,3,17H2,1-2H3,(H,18,19). The number of hydrogen-bond donors (Lipinski definition) is 2. The fourth-order valence-corrected chi connectivity index (χ4v) is 2.15. The second-order valence-electron chi connectivity index (χ2n) is 4.49. The summed E-state index contributed by atoms with van der Waals surface area (Å²) in [4.78, 5) is 16.2. The van der Waals surface area contributed by atoms with E-state index in [-0.39, 0.29) is 0 Å². The van der Waals surface area contributed by atoms with Gasteiger partial charge in [0.15, 0.2) is 0 Å². The Morgan fingerprint density at radius 2 is 2.19 bits per heavy atom. The Morgan fingerprint density at radius 1 is 1.43 bits per heavy atom. The number of benzene rings is 1. The first kappa shape index (κ1) is 15.3. The number of anilines is 3. The molecule has 0 atom stereocenters. The molecule has 0 radical (unpaired) electrons. The van der Waals surface area contributed by atoms with E-state index in [1.54, 1.807) is 13.0 Å². The van der Waals surface area contributed by atoms with Gasteiger partial charge in [-0.15, -0.1) is 0 Å². The Morgan fingerprint density at radius 3 is 2.90 bits per heavy atom. The number of carbonyl (C=O) groups excluding carboxylic acids is 1. The van der Waals surface area contributed by atoms with Crippen LogP contribution in [0.25, 0.3) is 0 Å². The minimum absolute atomic E-state index is 0.293. The second kappa shape index (κ2) is 6.58. The molecule has 5 nitrogen and oxygen atoms in total. The van der Waals surface area contributed by atoms with E-state index in [0.29, 0.717) is 23.7 Å². The number of aromatic nitrogens is 1. The number of ether oxygens (including phenoxy) is 1. The maximum Gasteiger partial charge on any atom is 0.341 e. The molecule has 1 heterocycles. The maximum atomic E-state index is 12.0. The van der Waals surface area contributed by atoms with Gasteiger partial charge in [-0.2, -0.15) is 0 Å². The van der Waals surface area contributed by atoms with Gasteiger partial charge in [-0.05, 0) is 53.5 Å². The number of carbonyl (C=O) groups is 1. The van der Waals surface area contributed by atoms with Crippen LogP contribution in [-0.2, 0) is 4.74 Å². The summed E-state index contributed by atoms with van der Waals surface area (Å²) in [5.41, 5.74) is 8.33. The average molecular weight is 350 g/mol. The van der Waals surface area contributed by atoms with Crippen LogP contribution in [0.5, 0.6) is 0 Å². The van der Waals surface area contributed by atoms with Crippen LogP contribution < -0.4 is 11.1 Å². The Bertz CT molecular complexity index is 674. The molecule has 3 N–H and O–H groups in total. The van der Waals surface area contributed by atoms with Crippen molar-refractivity contribution in [1.82, 2.24) is 4.98 Å². The van der Waals surface area contributed by atoms with Crippen LogP contribution in [0.1, 0.15) is 22.8 Å². The van der Waals surface area contributed by atoms with Crippen LogP contribution in [0.15, 0.2) is 34.9 Å². The topological polar surface area (TPSA) is 77.2 Å². The third-order valence-corrected chi connectivity index (χ3v) is 3.47. The van der Waals surface area contributed by atoms with Crippen molar-refractivity contribution >= 4 is 39.1 Å². The molecular weight excluding hydrogens is 334 g/mol. The summed E-state index contributed by atoms with van der Waals surface area (Å²) in [5, 5.41) is 3.13. The van der Waals surface area contributed by atoms with Crippen molar-refractivity contribution in [2.24, 2.45) is 0 Å². The predicted octanol–water partition coefficient (Wildman–Crippen LogP) is 3.66. The first-order chi connectivity index (χ1) is 10.0. The van der Waals surface area contributed by atoms with E-state index in [2.05, 4.69) is 26.2 Å². The van der Waals surface area contributed by atoms with E-state index in [9.17, 15) is 4.79 Å². The maximum absolute atomic E-state index is 12.0. The molecule has 2 aromatic rings. The van der Waals surface area contributed by atoms with Gasteiger partial charge in [-0.1, -0.05) is 6.07 Å². The minimum atomic E-state index is -0.455. The van der Waals surface area contributed by atoms with Gasteiger partial charge in [-0.25, -0.2) is 9.78 Å². The van der Waals surface area contributed by atoms with Gasteiger partial charge >= 0.3 is 5.97 Å². The fraction of sp³-hybridized carbons (Fsp3) is 0.200. The molecule has 0 bridgehead atoms. The van der Waals surface area contributed by atoms with Gasteiger partial charge in [0.05, 0.1) is 24.2 Å². The van der Waals surface area contributed by atoms with E-state index in [4.69, 9.17) is 10.5 Å². The van der Waals surface area contributed by atoms with Gasteiger partial charge in [-0.3, -0.25) is 0 Å². The minimum Gasteiger partial charge on any atom is -0.462 e. The van der Waals surface area contributed by atoms with Gasteiger partial charge in [0.1, 0.15) is 11.4 Å². The van der Waals surface area contributed by atoms with Crippen LogP contribution in [0.4, 0.5) is 17.2 Å². The van der Waals surface area contributed by atoms with Crippen molar-refractivity contribution in [3.8, 4) is 0 Å². The molecule has 0 amide bonds. The third kappa shape index (κ3) is 3.72. The van der Waals surface area contributed by atoms with Crippen molar-refractivity contribution in [1.29, 1.82) is 0 Å². The van der Waals surface area contributed by atoms with Gasteiger partial charge in [0.2, 0.25) is 0 Å². The van der Waals surface area contributed by atoms with E-state index in [0.717, 1.165) is 15.7 Å². The summed E-state index contributed by atoms with van der Waals surface area (Å²) in [7, 11) is 0. The molecule has 0 saturated carbocycles. The molecular formula is C15H16BrN3O2. The number of aryl methyl sites for hydroxylation is 1. The summed E-state index contributed by atoms with van der Waals surface area (Å²) < 4.78 is 5.91.